The van der Waals surface area contributed by atoms with Crippen molar-refractivity contribution in [2.45, 2.75) is 19.3 Å². The number of anilines is 1. The smallest absolute Gasteiger partial charge is 0.235 e. The first kappa shape index (κ1) is 18.7. The molecule has 5 nitrogen and oxygen atoms in total. The molecule has 2 aromatic carbocycles. The molecular weight excluding hydrogens is 372 g/mol. The highest BCUT2D eigenvalue weighted by Gasteiger charge is 2.29. The van der Waals surface area contributed by atoms with E-state index in [-0.39, 0.29) is 18.1 Å². The summed E-state index contributed by atoms with van der Waals surface area (Å²) in [4.78, 5) is 12.0. The Kier molecular flexibility index (Phi) is 5.84. The minimum absolute atomic E-state index is 0.0401. The van der Waals surface area contributed by atoms with E-state index >= 15 is 0 Å². The number of carbonyl (C=O) groups excluding carboxylic acids is 1. The largest absolute Gasteiger partial charge is 0.356 e. The minimum atomic E-state index is -3.49. The van der Waals surface area contributed by atoms with Crippen LogP contribution in [0.1, 0.15) is 17.5 Å². The van der Waals surface area contributed by atoms with Crippen LogP contribution < -0.4 is 9.62 Å². The van der Waals surface area contributed by atoms with Crippen molar-refractivity contribution in [1.29, 1.82) is 0 Å². The van der Waals surface area contributed by atoms with E-state index in [4.69, 9.17) is 11.6 Å². The molecule has 7 heteroatoms. The number of halogens is 1. The van der Waals surface area contributed by atoms with E-state index in [0.717, 1.165) is 16.8 Å². The highest BCUT2D eigenvalue weighted by molar-refractivity contribution is 7.92. The van der Waals surface area contributed by atoms with Crippen molar-refractivity contribution in [3.8, 4) is 0 Å². The Morgan fingerprint density at radius 3 is 2.62 bits per heavy atom. The van der Waals surface area contributed by atoms with Crippen LogP contribution in [0.2, 0.25) is 5.02 Å². The number of sulfonamides is 1. The Morgan fingerprint density at radius 1 is 1.12 bits per heavy atom. The summed E-state index contributed by atoms with van der Waals surface area (Å²) in [7, 11) is -3.49. The molecule has 0 saturated carbocycles. The molecule has 1 N–H and O–H groups in total. The maximum absolute atomic E-state index is 12.6. The van der Waals surface area contributed by atoms with E-state index in [1.807, 2.05) is 36.4 Å². The van der Waals surface area contributed by atoms with Crippen molar-refractivity contribution < 1.29 is 13.2 Å². The first-order chi connectivity index (χ1) is 12.5. The number of nitrogens with zero attached hydrogens (tertiary/aromatic N) is 1. The minimum Gasteiger partial charge on any atom is -0.356 e. The van der Waals surface area contributed by atoms with Crippen LogP contribution in [0.4, 0.5) is 5.69 Å². The maximum atomic E-state index is 12.6. The molecule has 0 bridgehead atoms. The Morgan fingerprint density at radius 2 is 1.85 bits per heavy atom. The van der Waals surface area contributed by atoms with Gasteiger partial charge >= 0.3 is 0 Å². The molecule has 138 valence electrons. The average Bonchev–Trinajstić information content (AvgIpc) is 3.07. The Balaban J connectivity index is 1.47. The van der Waals surface area contributed by atoms with Gasteiger partial charge in [-0.15, -0.1) is 0 Å². The van der Waals surface area contributed by atoms with Gasteiger partial charge in [0.15, 0.2) is 0 Å². The van der Waals surface area contributed by atoms with Gasteiger partial charge < -0.3 is 5.32 Å². The summed E-state index contributed by atoms with van der Waals surface area (Å²) in [6, 6.07) is 14.9. The van der Waals surface area contributed by atoms with Crippen molar-refractivity contribution in [2.24, 2.45) is 0 Å². The second-order valence-corrected chi connectivity index (χ2v) is 8.69. The van der Waals surface area contributed by atoms with Crippen LogP contribution in [0.15, 0.2) is 48.5 Å². The summed E-state index contributed by atoms with van der Waals surface area (Å²) in [5.74, 6) is -0.441. The molecule has 26 heavy (non-hydrogen) atoms. The summed E-state index contributed by atoms with van der Waals surface area (Å²) in [5, 5.41) is 3.45. The van der Waals surface area contributed by atoms with Crippen LogP contribution in [0.5, 0.6) is 0 Å². The zero-order valence-corrected chi connectivity index (χ0v) is 15.9. The fraction of sp³-hybridized carbons (Fsp3) is 0.316. The highest BCUT2D eigenvalue weighted by Crippen LogP contribution is 2.30. The van der Waals surface area contributed by atoms with Crippen molar-refractivity contribution in [3.63, 3.8) is 0 Å². The number of rotatable bonds is 7. The van der Waals surface area contributed by atoms with E-state index in [0.29, 0.717) is 31.0 Å². The topological polar surface area (TPSA) is 66.5 Å². The number of amides is 1. The van der Waals surface area contributed by atoms with E-state index in [1.54, 1.807) is 12.1 Å². The van der Waals surface area contributed by atoms with Gasteiger partial charge in [0.2, 0.25) is 15.9 Å². The van der Waals surface area contributed by atoms with Gasteiger partial charge in [0.1, 0.15) is 0 Å². The maximum Gasteiger partial charge on any atom is 0.235 e. The van der Waals surface area contributed by atoms with Gasteiger partial charge in [0.05, 0.1) is 11.4 Å². The first-order valence-electron chi connectivity index (χ1n) is 8.55. The van der Waals surface area contributed by atoms with Crippen molar-refractivity contribution >= 4 is 33.2 Å². The zero-order chi connectivity index (χ0) is 18.6. The molecule has 0 spiro atoms. The van der Waals surface area contributed by atoms with E-state index in [1.165, 1.54) is 4.31 Å². The Bertz CT molecular complexity index is 882. The molecule has 1 amide bonds. The molecule has 2 aromatic rings. The predicted octanol–water partition coefficient (Wildman–Crippen LogP) is 2.78. The lowest BCUT2D eigenvalue weighted by Crippen LogP contribution is -2.34. The molecule has 0 aromatic heterocycles. The molecule has 0 unspecified atom stereocenters. The lowest BCUT2D eigenvalue weighted by Gasteiger charge is -2.19. The van der Waals surface area contributed by atoms with Crippen LogP contribution in [0.3, 0.4) is 0 Å². The summed E-state index contributed by atoms with van der Waals surface area (Å²) in [6.45, 7) is 0.910. The summed E-state index contributed by atoms with van der Waals surface area (Å²) < 4.78 is 26.5. The number of hydrogen-bond donors (Lipinski definition) is 1. The lowest BCUT2D eigenvalue weighted by molar-refractivity contribution is -0.120. The summed E-state index contributed by atoms with van der Waals surface area (Å²) in [5.41, 5.74) is 2.83. The van der Waals surface area contributed by atoms with Gasteiger partial charge in [-0.1, -0.05) is 41.9 Å². The van der Waals surface area contributed by atoms with Crippen LogP contribution in [-0.4, -0.2) is 33.2 Å². The van der Waals surface area contributed by atoms with Gasteiger partial charge in [0, 0.05) is 24.5 Å². The third-order valence-electron chi connectivity index (χ3n) is 4.42. The molecule has 0 saturated heterocycles. The quantitative estimate of drug-likeness (QED) is 0.787. The molecular formula is C19H21ClN2O3S. The molecule has 1 aliphatic heterocycles. The van der Waals surface area contributed by atoms with E-state index < -0.39 is 10.0 Å². The molecule has 0 fully saturated rings. The van der Waals surface area contributed by atoms with Crippen molar-refractivity contribution in [3.05, 3.63) is 64.7 Å². The zero-order valence-electron chi connectivity index (χ0n) is 14.3. The first-order valence-corrected chi connectivity index (χ1v) is 10.5. The van der Waals surface area contributed by atoms with Crippen LogP contribution in [0.25, 0.3) is 0 Å². The average molecular weight is 393 g/mol. The predicted molar refractivity (Wildman–Crippen MR) is 104 cm³/mol. The Hall–Kier alpha value is -2.05. The number of nitrogens with one attached hydrogen (secondary N) is 1. The van der Waals surface area contributed by atoms with Gasteiger partial charge in [-0.25, -0.2) is 8.42 Å². The van der Waals surface area contributed by atoms with Crippen LogP contribution >= 0.6 is 11.6 Å². The van der Waals surface area contributed by atoms with Crippen molar-refractivity contribution in [2.75, 3.05) is 23.1 Å². The highest BCUT2D eigenvalue weighted by atomic mass is 35.5. The number of hydrogen-bond acceptors (Lipinski definition) is 3. The molecule has 3 rings (SSSR count). The third-order valence-corrected chi connectivity index (χ3v) is 6.44. The fourth-order valence-electron chi connectivity index (χ4n) is 3.01. The summed E-state index contributed by atoms with van der Waals surface area (Å²) in [6.07, 6.45) is 1.35. The van der Waals surface area contributed by atoms with Crippen LogP contribution in [0, 0.1) is 0 Å². The molecule has 1 aliphatic rings. The molecule has 1 heterocycles. The lowest BCUT2D eigenvalue weighted by atomic mass is 10.1. The van der Waals surface area contributed by atoms with Gasteiger partial charge in [0.25, 0.3) is 0 Å². The molecule has 0 radical (unpaired) electrons. The normalized spacial score (nSPS) is 13.5. The monoisotopic (exact) mass is 392 g/mol. The standard InChI is InChI=1S/C19H21ClN2O3S/c20-17-7-5-15(6-8-17)9-12-21-19(23)11-14-26(24,25)22-13-10-16-3-1-2-4-18(16)22/h1-8H,9-14H2,(H,21,23). The number of carbonyl (C=O) groups is 1. The third kappa shape index (κ3) is 4.56. The second kappa shape index (κ2) is 8.10. The number of benzene rings is 2. The van der Waals surface area contributed by atoms with Gasteiger partial charge in [-0.3, -0.25) is 9.10 Å². The van der Waals surface area contributed by atoms with E-state index in [2.05, 4.69) is 5.32 Å². The number of fused-ring (bicyclic) bond motifs is 1. The number of para-hydroxylation sites is 1. The van der Waals surface area contributed by atoms with E-state index in [9.17, 15) is 13.2 Å². The molecule has 0 atom stereocenters. The van der Waals surface area contributed by atoms with Gasteiger partial charge in [-0.05, 0) is 42.2 Å². The Labute approximate surface area is 159 Å². The van der Waals surface area contributed by atoms with Gasteiger partial charge in [-0.2, -0.15) is 0 Å². The van der Waals surface area contributed by atoms with Crippen molar-refractivity contribution in [1.82, 2.24) is 5.32 Å². The summed E-state index contributed by atoms with van der Waals surface area (Å²) >= 11 is 5.83. The fourth-order valence-corrected chi connectivity index (χ4v) is 4.65. The second-order valence-electron chi connectivity index (χ2n) is 6.24. The van der Waals surface area contributed by atoms with Crippen LogP contribution in [-0.2, 0) is 27.7 Å². The SMILES string of the molecule is O=C(CCS(=O)(=O)N1CCc2ccccc21)NCCc1ccc(Cl)cc1. The molecule has 0 aliphatic carbocycles.